The molecule has 2 aromatic heterocycles. The van der Waals surface area contributed by atoms with Gasteiger partial charge in [0.1, 0.15) is 4.90 Å². The summed E-state index contributed by atoms with van der Waals surface area (Å²) in [6.45, 7) is 0.845. The first-order valence-corrected chi connectivity index (χ1v) is 8.51. The molecule has 0 atom stereocenters. The Bertz CT molecular complexity index is 622. The minimum absolute atomic E-state index is 0.190. The second kappa shape index (κ2) is 6.04. The maximum absolute atomic E-state index is 12.3. The standard InChI is InChI=1S/C11H14ClN3O2S2/c1-14(7-10-2-5-18-9-10)19(16,17)11-6-13-15(8-11)4-3-12/h2,5-6,8-9H,3-4,7H2,1H3. The van der Waals surface area contributed by atoms with Crippen LogP contribution in [0.5, 0.6) is 0 Å². The number of alkyl halides is 1. The predicted octanol–water partition coefficient (Wildman–Crippen LogP) is 2.00. The molecule has 0 saturated heterocycles. The molecule has 2 aromatic rings. The summed E-state index contributed by atoms with van der Waals surface area (Å²) in [6, 6.07) is 1.91. The number of halogens is 1. The highest BCUT2D eigenvalue weighted by Gasteiger charge is 2.22. The van der Waals surface area contributed by atoms with Crippen LogP contribution in [-0.2, 0) is 23.1 Å². The first-order chi connectivity index (χ1) is 9.04. The van der Waals surface area contributed by atoms with E-state index < -0.39 is 10.0 Å². The van der Waals surface area contributed by atoms with Crippen molar-refractivity contribution in [3.8, 4) is 0 Å². The highest BCUT2D eigenvalue weighted by Crippen LogP contribution is 2.17. The fourth-order valence-corrected chi connectivity index (χ4v) is 3.54. The van der Waals surface area contributed by atoms with Crippen molar-refractivity contribution in [2.45, 2.75) is 18.0 Å². The maximum atomic E-state index is 12.3. The quantitative estimate of drug-likeness (QED) is 0.765. The van der Waals surface area contributed by atoms with Crippen molar-refractivity contribution < 1.29 is 8.42 Å². The fraction of sp³-hybridized carbons (Fsp3) is 0.364. The zero-order valence-corrected chi connectivity index (χ0v) is 12.7. The van der Waals surface area contributed by atoms with Gasteiger partial charge in [0.2, 0.25) is 10.0 Å². The molecule has 0 unspecified atom stereocenters. The van der Waals surface area contributed by atoms with Gasteiger partial charge in [0.15, 0.2) is 0 Å². The van der Waals surface area contributed by atoms with E-state index in [4.69, 9.17) is 11.6 Å². The fourth-order valence-electron chi connectivity index (χ4n) is 1.59. The molecule has 0 spiro atoms. The molecule has 0 N–H and O–H groups in total. The van der Waals surface area contributed by atoms with E-state index in [1.807, 2.05) is 16.8 Å². The highest BCUT2D eigenvalue weighted by molar-refractivity contribution is 7.89. The number of hydrogen-bond acceptors (Lipinski definition) is 4. The number of aromatic nitrogens is 2. The Hall–Kier alpha value is -0.890. The molecule has 0 aliphatic rings. The van der Waals surface area contributed by atoms with Crippen LogP contribution in [0.15, 0.2) is 34.1 Å². The predicted molar refractivity (Wildman–Crippen MR) is 75.9 cm³/mol. The van der Waals surface area contributed by atoms with E-state index in [0.717, 1.165) is 5.56 Å². The summed E-state index contributed by atoms with van der Waals surface area (Å²) in [5.74, 6) is 0.395. The van der Waals surface area contributed by atoms with Crippen molar-refractivity contribution in [2.75, 3.05) is 12.9 Å². The Morgan fingerprint density at radius 2 is 2.32 bits per heavy atom. The lowest BCUT2D eigenvalue weighted by atomic mass is 10.3. The Labute approximate surface area is 121 Å². The molecule has 8 heteroatoms. The molecule has 0 saturated carbocycles. The molecule has 2 rings (SSSR count). The molecule has 19 heavy (non-hydrogen) atoms. The van der Waals surface area contributed by atoms with Crippen molar-refractivity contribution in [1.82, 2.24) is 14.1 Å². The lowest BCUT2D eigenvalue weighted by molar-refractivity contribution is 0.467. The van der Waals surface area contributed by atoms with E-state index in [9.17, 15) is 8.42 Å². The van der Waals surface area contributed by atoms with Gasteiger partial charge in [-0.3, -0.25) is 4.68 Å². The number of nitrogens with zero attached hydrogens (tertiary/aromatic N) is 3. The lowest BCUT2D eigenvalue weighted by Crippen LogP contribution is -2.26. The summed E-state index contributed by atoms with van der Waals surface area (Å²) in [5.41, 5.74) is 0.976. The molecule has 2 heterocycles. The van der Waals surface area contributed by atoms with Gasteiger partial charge >= 0.3 is 0 Å². The number of rotatable bonds is 6. The third-order valence-electron chi connectivity index (χ3n) is 2.62. The van der Waals surface area contributed by atoms with Crippen LogP contribution >= 0.6 is 22.9 Å². The molecular formula is C11H14ClN3O2S2. The molecular weight excluding hydrogens is 306 g/mol. The first kappa shape index (κ1) is 14.5. The molecule has 0 aliphatic heterocycles. The van der Waals surface area contributed by atoms with Crippen molar-refractivity contribution in [2.24, 2.45) is 0 Å². The minimum Gasteiger partial charge on any atom is -0.270 e. The van der Waals surface area contributed by atoms with Crippen LogP contribution in [0.2, 0.25) is 0 Å². The average molecular weight is 320 g/mol. The van der Waals surface area contributed by atoms with Gasteiger partial charge in [-0.1, -0.05) is 0 Å². The average Bonchev–Trinajstić information content (AvgIpc) is 3.00. The molecule has 0 aromatic carbocycles. The van der Waals surface area contributed by atoms with Crippen molar-refractivity contribution in [3.05, 3.63) is 34.8 Å². The van der Waals surface area contributed by atoms with Gasteiger partial charge in [-0.15, -0.1) is 11.6 Å². The van der Waals surface area contributed by atoms with Crippen LogP contribution in [0.3, 0.4) is 0 Å². The van der Waals surface area contributed by atoms with Crippen LogP contribution in [-0.4, -0.2) is 35.4 Å². The van der Waals surface area contributed by atoms with Crippen LogP contribution in [0.1, 0.15) is 5.56 Å². The molecule has 104 valence electrons. The Kier molecular flexibility index (Phi) is 4.62. The molecule has 0 bridgehead atoms. The number of thiophene rings is 1. The Balaban J connectivity index is 2.16. The number of aryl methyl sites for hydroxylation is 1. The van der Waals surface area contributed by atoms with Gasteiger partial charge in [-0.25, -0.2) is 8.42 Å². The van der Waals surface area contributed by atoms with Crippen molar-refractivity contribution >= 4 is 33.0 Å². The highest BCUT2D eigenvalue weighted by atomic mass is 35.5. The molecule has 0 aliphatic carbocycles. The van der Waals surface area contributed by atoms with E-state index in [1.54, 1.807) is 18.4 Å². The van der Waals surface area contributed by atoms with Gasteiger partial charge in [0, 0.05) is 25.7 Å². The summed E-state index contributed by atoms with van der Waals surface area (Å²) >= 11 is 7.14. The van der Waals surface area contributed by atoms with E-state index in [0.29, 0.717) is 19.0 Å². The van der Waals surface area contributed by atoms with E-state index in [-0.39, 0.29) is 4.90 Å². The SMILES string of the molecule is CN(Cc1ccsc1)S(=O)(=O)c1cnn(CCCl)c1. The maximum Gasteiger partial charge on any atom is 0.246 e. The van der Waals surface area contributed by atoms with Gasteiger partial charge in [0.25, 0.3) is 0 Å². The van der Waals surface area contributed by atoms with E-state index in [2.05, 4.69) is 5.10 Å². The zero-order valence-electron chi connectivity index (χ0n) is 10.4. The molecule has 0 fully saturated rings. The third kappa shape index (κ3) is 3.36. The molecule has 0 radical (unpaired) electrons. The van der Waals surface area contributed by atoms with Crippen molar-refractivity contribution in [1.29, 1.82) is 0 Å². The smallest absolute Gasteiger partial charge is 0.246 e. The summed E-state index contributed by atoms with van der Waals surface area (Å²) < 4.78 is 27.5. The van der Waals surface area contributed by atoms with E-state index in [1.165, 1.54) is 21.4 Å². The summed E-state index contributed by atoms with van der Waals surface area (Å²) in [7, 11) is -1.94. The second-order valence-electron chi connectivity index (χ2n) is 4.02. The summed E-state index contributed by atoms with van der Waals surface area (Å²) in [5, 5.41) is 7.84. The minimum atomic E-state index is -3.50. The van der Waals surface area contributed by atoms with Gasteiger partial charge < -0.3 is 0 Å². The Morgan fingerprint density at radius 1 is 1.53 bits per heavy atom. The van der Waals surface area contributed by atoms with Gasteiger partial charge in [-0.2, -0.15) is 20.7 Å². The van der Waals surface area contributed by atoms with Gasteiger partial charge in [-0.05, 0) is 22.4 Å². The summed E-state index contributed by atoms with van der Waals surface area (Å²) in [4.78, 5) is 0.190. The van der Waals surface area contributed by atoms with Crippen LogP contribution in [0, 0.1) is 0 Å². The zero-order chi connectivity index (χ0) is 13.9. The Morgan fingerprint density at radius 3 is 2.95 bits per heavy atom. The van der Waals surface area contributed by atoms with Crippen LogP contribution < -0.4 is 0 Å². The first-order valence-electron chi connectivity index (χ1n) is 5.60. The third-order valence-corrected chi connectivity index (χ3v) is 5.27. The normalized spacial score (nSPS) is 12.2. The molecule has 0 amide bonds. The van der Waals surface area contributed by atoms with Crippen LogP contribution in [0.4, 0.5) is 0 Å². The van der Waals surface area contributed by atoms with Crippen LogP contribution in [0.25, 0.3) is 0 Å². The van der Waals surface area contributed by atoms with Crippen molar-refractivity contribution in [3.63, 3.8) is 0 Å². The lowest BCUT2D eigenvalue weighted by Gasteiger charge is -2.14. The molecule has 5 nitrogen and oxygen atoms in total. The monoisotopic (exact) mass is 319 g/mol. The van der Waals surface area contributed by atoms with E-state index >= 15 is 0 Å². The number of hydrogen-bond donors (Lipinski definition) is 0. The second-order valence-corrected chi connectivity index (χ2v) is 7.22. The topological polar surface area (TPSA) is 55.2 Å². The number of sulfonamides is 1. The largest absolute Gasteiger partial charge is 0.270 e. The van der Waals surface area contributed by atoms with Gasteiger partial charge in [0.05, 0.1) is 12.7 Å². The summed E-state index contributed by atoms with van der Waals surface area (Å²) in [6.07, 6.45) is 2.85.